The van der Waals surface area contributed by atoms with Crippen molar-refractivity contribution < 1.29 is 9.53 Å². The van der Waals surface area contributed by atoms with Gasteiger partial charge in [-0.25, -0.2) is 5.43 Å². The number of carbonyl (C=O) groups is 1. The molecule has 3 rings (SSSR count). The predicted molar refractivity (Wildman–Crippen MR) is 115 cm³/mol. The lowest BCUT2D eigenvalue weighted by Gasteiger charge is -2.33. The lowest BCUT2D eigenvalue weighted by Crippen LogP contribution is -2.31. The molecule has 2 aliphatic carbocycles. The molecule has 1 atom stereocenters. The molecule has 0 aromatic heterocycles. The maximum atomic E-state index is 12.2. The summed E-state index contributed by atoms with van der Waals surface area (Å²) in [6.07, 6.45) is 12.6. The SMILES string of the molecule is Cc1cc(Cl)ccc1OCCCC(=O)N/N=C1\CCCCC1C1CCCCC1. The molecular weight excluding hydrogens is 372 g/mol. The third-order valence-corrected chi connectivity index (χ3v) is 6.35. The van der Waals surface area contributed by atoms with Crippen LogP contribution in [0.15, 0.2) is 23.3 Å². The maximum absolute atomic E-state index is 12.2. The van der Waals surface area contributed by atoms with Gasteiger partial charge in [-0.05, 0) is 75.1 Å². The van der Waals surface area contributed by atoms with Crippen LogP contribution in [0.1, 0.15) is 76.2 Å². The summed E-state index contributed by atoms with van der Waals surface area (Å²) in [7, 11) is 0. The van der Waals surface area contributed by atoms with Crippen molar-refractivity contribution in [1.29, 1.82) is 0 Å². The van der Waals surface area contributed by atoms with Gasteiger partial charge in [0.25, 0.3) is 0 Å². The van der Waals surface area contributed by atoms with E-state index in [4.69, 9.17) is 16.3 Å². The highest BCUT2D eigenvalue weighted by molar-refractivity contribution is 6.30. The van der Waals surface area contributed by atoms with Gasteiger partial charge in [-0.1, -0.05) is 37.3 Å². The molecule has 0 saturated heterocycles. The van der Waals surface area contributed by atoms with Crippen molar-refractivity contribution in [3.8, 4) is 5.75 Å². The Hall–Kier alpha value is -1.55. The van der Waals surface area contributed by atoms with Crippen LogP contribution in [0.5, 0.6) is 5.75 Å². The topological polar surface area (TPSA) is 50.7 Å². The first-order valence-corrected chi connectivity index (χ1v) is 11.3. The van der Waals surface area contributed by atoms with E-state index in [0.717, 1.165) is 23.7 Å². The van der Waals surface area contributed by atoms with Crippen molar-refractivity contribution in [1.82, 2.24) is 5.43 Å². The van der Waals surface area contributed by atoms with E-state index < -0.39 is 0 Å². The fraction of sp³-hybridized carbons (Fsp3) is 0.652. The minimum Gasteiger partial charge on any atom is -0.493 e. The summed E-state index contributed by atoms with van der Waals surface area (Å²) < 4.78 is 5.76. The summed E-state index contributed by atoms with van der Waals surface area (Å²) in [6.45, 7) is 2.48. The summed E-state index contributed by atoms with van der Waals surface area (Å²) in [5, 5.41) is 5.27. The number of carbonyl (C=O) groups excluding carboxylic acids is 1. The van der Waals surface area contributed by atoms with Crippen LogP contribution in [0.2, 0.25) is 5.02 Å². The smallest absolute Gasteiger partial charge is 0.240 e. The van der Waals surface area contributed by atoms with Crippen molar-refractivity contribution in [2.75, 3.05) is 6.61 Å². The molecule has 1 aromatic carbocycles. The van der Waals surface area contributed by atoms with Gasteiger partial charge in [-0.3, -0.25) is 4.79 Å². The molecule has 154 valence electrons. The fourth-order valence-electron chi connectivity index (χ4n) is 4.59. The minimum atomic E-state index is -0.0168. The Labute approximate surface area is 174 Å². The fourth-order valence-corrected chi connectivity index (χ4v) is 4.81. The average Bonchev–Trinajstić information content (AvgIpc) is 2.72. The molecular formula is C23H33ClN2O2. The van der Waals surface area contributed by atoms with Crippen LogP contribution in [0, 0.1) is 18.8 Å². The van der Waals surface area contributed by atoms with E-state index in [9.17, 15) is 4.79 Å². The number of amides is 1. The van der Waals surface area contributed by atoms with Gasteiger partial charge in [-0.2, -0.15) is 5.10 Å². The van der Waals surface area contributed by atoms with Crippen LogP contribution < -0.4 is 10.2 Å². The van der Waals surface area contributed by atoms with Crippen molar-refractivity contribution in [3.63, 3.8) is 0 Å². The highest BCUT2D eigenvalue weighted by Gasteiger charge is 2.29. The molecule has 1 amide bonds. The number of halogens is 1. The molecule has 0 radical (unpaired) electrons. The zero-order chi connectivity index (χ0) is 19.8. The number of benzene rings is 1. The third kappa shape index (κ3) is 6.23. The first-order valence-electron chi connectivity index (χ1n) is 10.9. The number of nitrogens with zero attached hydrogens (tertiary/aromatic N) is 1. The molecule has 2 aliphatic rings. The van der Waals surface area contributed by atoms with Crippen LogP contribution in [0.25, 0.3) is 0 Å². The van der Waals surface area contributed by atoms with Gasteiger partial charge in [0.2, 0.25) is 5.91 Å². The molecule has 0 bridgehead atoms. The molecule has 1 aromatic rings. The standard InChI is InChI=1S/C23H33ClN2O2/c1-17-16-19(24)13-14-22(17)28-15-7-12-23(27)26-25-21-11-6-5-10-20(21)18-8-3-2-4-9-18/h13-14,16,18,20H,2-12,15H2,1H3,(H,26,27)/b25-21+. The first kappa shape index (κ1) is 21.2. The largest absolute Gasteiger partial charge is 0.493 e. The Morgan fingerprint density at radius 1 is 1.18 bits per heavy atom. The van der Waals surface area contributed by atoms with Gasteiger partial charge in [0.1, 0.15) is 5.75 Å². The molecule has 2 fully saturated rings. The predicted octanol–water partition coefficient (Wildman–Crippen LogP) is 6.05. The maximum Gasteiger partial charge on any atom is 0.240 e. The number of aryl methyl sites for hydroxylation is 1. The molecule has 0 heterocycles. The molecule has 1 N–H and O–H groups in total. The van der Waals surface area contributed by atoms with Gasteiger partial charge in [0.05, 0.1) is 6.61 Å². The van der Waals surface area contributed by atoms with Gasteiger partial charge in [0.15, 0.2) is 0 Å². The zero-order valence-electron chi connectivity index (χ0n) is 17.0. The van der Waals surface area contributed by atoms with Crippen molar-refractivity contribution in [3.05, 3.63) is 28.8 Å². The minimum absolute atomic E-state index is 0.0168. The van der Waals surface area contributed by atoms with E-state index in [2.05, 4.69) is 10.5 Å². The van der Waals surface area contributed by atoms with Gasteiger partial charge >= 0.3 is 0 Å². The number of hydrogen-bond donors (Lipinski definition) is 1. The lowest BCUT2D eigenvalue weighted by atomic mass is 9.72. The summed E-state index contributed by atoms with van der Waals surface area (Å²) in [4.78, 5) is 12.2. The second-order valence-electron chi connectivity index (χ2n) is 8.25. The molecule has 28 heavy (non-hydrogen) atoms. The molecule has 4 nitrogen and oxygen atoms in total. The summed E-state index contributed by atoms with van der Waals surface area (Å²) in [5.41, 5.74) is 5.06. The van der Waals surface area contributed by atoms with Crippen LogP contribution in [-0.4, -0.2) is 18.2 Å². The van der Waals surface area contributed by atoms with Crippen LogP contribution in [-0.2, 0) is 4.79 Å². The van der Waals surface area contributed by atoms with Gasteiger partial charge in [0, 0.05) is 23.1 Å². The molecule has 1 unspecified atom stereocenters. The number of nitrogens with one attached hydrogen (secondary N) is 1. The van der Waals surface area contributed by atoms with E-state index in [1.807, 2.05) is 25.1 Å². The molecule has 0 spiro atoms. The Morgan fingerprint density at radius 3 is 2.75 bits per heavy atom. The monoisotopic (exact) mass is 404 g/mol. The summed E-state index contributed by atoms with van der Waals surface area (Å²) in [5.74, 6) is 2.17. The van der Waals surface area contributed by atoms with E-state index in [1.54, 1.807) is 0 Å². The van der Waals surface area contributed by atoms with Crippen LogP contribution in [0.3, 0.4) is 0 Å². The Bertz CT molecular complexity index is 683. The first-order chi connectivity index (χ1) is 13.6. The second-order valence-corrected chi connectivity index (χ2v) is 8.69. The molecule has 5 heteroatoms. The Kier molecular flexibility index (Phi) is 8.20. The van der Waals surface area contributed by atoms with Gasteiger partial charge in [-0.15, -0.1) is 0 Å². The highest BCUT2D eigenvalue weighted by atomic mass is 35.5. The molecule has 0 aliphatic heterocycles. The zero-order valence-corrected chi connectivity index (χ0v) is 17.8. The van der Waals surface area contributed by atoms with Crippen LogP contribution >= 0.6 is 11.6 Å². The number of rotatable bonds is 7. The quantitative estimate of drug-likeness (QED) is 0.444. The Balaban J connectivity index is 1.42. The molecule has 2 saturated carbocycles. The van der Waals surface area contributed by atoms with E-state index >= 15 is 0 Å². The third-order valence-electron chi connectivity index (χ3n) is 6.11. The lowest BCUT2D eigenvalue weighted by molar-refractivity contribution is -0.121. The summed E-state index contributed by atoms with van der Waals surface area (Å²) in [6, 6.07) is 5.57. The number of hydrazone groups is 1. The van der Waals surface area contributed by atoms with Crippen molar-refractivity contribution in [2.45, 2.75) is 77.6 Å². The van der Waals surface area contributed by atoms with Crippen molar-refractivity contribution >= 4 is 23.2 Å². The Morgan fingerprint density at radius 2 is 1.96 bits per heavy atom. The number of hydrogen-bond acceptors (Lipinski definition) is 3. The van der Waals surface area contributed by atoms with E-state index in [0.29, 0.717) is 30.4 Å². The number of ether oxygens (including phenoxy) is 1. The highest BCUT2D eigenvalue weighted by Crippen LogP contribution is 2.36. The second kappa shape index (κ2) is 10.8. The average molecular weight is 405 g/mol. The van der Waals surface area contributed by atoms with E-state index in [-0.39, 0.29) is 5.91 Å². The normalized spacial score (nSPS) is 22.2. The van der Waals surface area contributed by atoms with Gasteiger partial charge < -0.3 is 4.74 Å². The van der Waals surface area contributed by atoms with Crippen LogP contribution in [0.4, 0.5) is 0 Å². The summed E-state index contributed by atoms with van der Waals surface area (Å²) >= 11 is 5.96. The van der Waals surface area contributed by atoms with Crippen molar-refractivity contribution in [2.24, 2.45) is 16.9 Å². The van der Waals surface area contributed by atoms with E-state index in [1.165, 1.54) is 57.1 Å².